The third kappa shape index (κ3) is 7.20. The summed E-state index contributed by atoms with van der Waals surface area (Å²) < 4.78 is 27.2. The Bertz CT molecular complexity index is 1950. The fraction of sp³-hybridized carbons (Fsp3) is 0.265. The average Bonchev–Trinajstić information content (AvgIpc) is 3.31. The number of esters is 1. The fourth-order valence-electron chi connectivity index (χ4n) is 4.97. The van der Waals surface area contributed by atoms with Crippen molar-refractivity contribution >= 4 is 61.9 Å². The molecule has 0 saturated carbocycles. The summed E-state index contributed by atoms with van der Waals surface area (Å²) >= 11 is 7.17. The van der Waals surface area contributed by atoms with E-state index in [1.54, 1.807) is 31.6 Å². The van der Waals surface area contributed by atoms with E-state index in [-0.39, 0.29) is 18.3 Å². The third-order valence-electron chi connectivity index (χ3n) is 6.97. The minimum Gasteiger partial charge on any atom is -0.493 e. The number of methoxy groups -OCH3 is 1. The third-order valence-corrected chi connectivity index (χ3v) is 9.36. The first-order valence-electron chi connectivity index (χ1n) is 14.3. The van der Waals surface area contributed by atoms with Crippen molar-refractivity contribution in [3.05, 3.63) is 116 Å². The molecule has 1 aliphatic heterocycles. The molecule has 45 heavy (non-hydrogen) atoms. The summed E-state index contributed by atoms with van der Waals surface area (Å²) in [6.07, 6.45) is 1.67. The Morgan fingerprint density at radius 3 is 2.53 bits per heavy atom. The second-order valence-electron chi connectivity index (χ2n) is 10.4. The number of fused-ring (bicyclic) bond motifs is 1. The van der Waals surface area contributed by atoms with E-state index in [0.29, 0.717) is 50.0 Å². The molecule has 0 fully saturated rings. The van der Waals surface area contributed by atoms with Crippen molar-refractivity contribution in [2.24, 2.45) is 4.99 Å². The Labute approximate surface area is 287 Å². The number of benzene rings is 3. The van der Waals surface area contributed by atoms with Crippen LogP contribution >= 0.6 is 49.9 Å². The van der Waals surface area contributed by atoms with Gasteiger partial charge >= 0.3 is 5.97 Å². The molecule has 1 aliphatic rings. The number of ether oxygens (including phenoxy) is 4. The van der Waals surface area contributed by atoms with Gasteiger partial charge in [0.05, 0.1) is 35.6 Å². The maximum absolute atomic E-state index is 14.2. The van der Waals surface area contributed by atoms with Gasteiger partial charge < -0.3 is 18.9 Å². The monoisotopic (exact) mass is 802 g/mol. The predicted octanol–water partition coefficient (Wildman–Crippen LogP) is 6.54. The molecule has 234 valence electrons. The van der Waals surface area contributed by atoms with E-state index in [4.69, 9.17) is 23.9 Å². The number of hydrogen-bond donors (Lipinski definition) is 0. The topological polar surface area (TPSA) is 88.4 Å². The molecule has 0 aliphatic carbocycles. The number of thiazole rings is 1. The van der Waals surface area contributed by atoms with Gasteiger partial charge in [0.2, 0.25) is 0 Å². The van der Waals surface area contributed by atoms with Crippen LogP contribution in [0.2, 0.25) is 0 Å². The van der Waals surface area contributed by atoms with Crippen LogP contribution in [0.5, 0.6) is 17.2 Å². The molecular weight excluding hydrogens is 771 g/mol. The summed E-state index contributed by atoms with van der Waals surface area (Å²) in [6, 6.07) is 18.4. The van der Waals surface area contributed by atoms with Gasteiger partial charge in [0.1, 0.15) is 18.4 Å². The predicted molar refractivity (Wildman–Crippen MR) is 187 cm³/mol. The molecule has 8 nitrogen and oxygen atoms in total. The number of halogens is 2. The van der Waals surface area contributed by atoms with Gasteiger partial charge in [-0.25, -0.2) is 9.79 Å². The van der Waals surface area contributed by atoms with Crippen LogP contribution in [0.3, 0.4) is 0 Å². The summed E-state index contributed by atoms with van der Waals surface area (Å²) in [6.45, 7) is 7.94. The molecule has 4 aromatic rings. The Kier molecular flexibility index (Phi) is 10.5. The zero-order valence-corrected chi connectivity index (χ0v) is 30.0. The molecule has 11 heteroatoms. The highest BCUT2D eigenvalue weighted by atomic mass is 127. The van der Waals surface area contributed by atoms with E-state index >= 15 is 0 Å². The number of allylic oxidation sites excluding steroid dienone is 1. The van der Waals surface area contributed by atoms with E-state index in [1.165, 1.54) is 11.3 Å². The number of hydrogen-bond acceptors (Lipinski definition) is 8. The van der Waals surface area contributed by atoms with Gasteiger partial charge in [-0.05, 0) is 97.8 Å². The molecule has 0 amide bonds. The first-order chi connectivity index (χ1) is 21.6. The zero-order chi connectivity index (χ0) is 32.2. The quantitative estimate of drug-likeness (QED) is 0.134. The van der Waals surface area contributed by atoms with Crippen LogP contribution in [-0.2, 0) is 16.1 Å². The zero-order valence-electron chi connectivity index (χ0n) is 25.4. The van der Waals surface area contributed by atoms with Crippen LogP contribution in [0.4, 0.5) is 0 Å². The van der Waals surface area contributed by atoms with Crippen LogP contribution < -0.4 is 29.1 Å². The average molecular weight is 804 g/mol. The van der Waals surface area contributed by atoms with Gasteiger partial charge in [-0.3, -0.25) is 9.36 Å². The van der Waals surface area contributed by atoms with Gasteiger partial charge in [-0.1, -0.05) is 57.6 Å². The normalized spacial score (nSPS) is 14.7. The first-order valence-corrected chi connectivity index (χ1v) is 17.0. The highest BCUT2D eigenvalue weighted by Gasteiger charge is 2.35. The van der Waals surface area contributed by atoms with Gasteiger partial charge in [0.15, 0.2) is 16.3 Å². The van der Waals surface area contributed by atoms with E-state index in [9.17, 15) is 9.59 Å². The minimum atomic E-state index is -0.785. The van der Waals surface area contributed by atoms with Crippen LogP contribution in [0.25, 0.3) is 6.08 Å². The number of para-hydroxylation sites is 1. The summed E-state index contributed by atoms with van der Waals surface area (Å²) in [7, 11) is 1.58. The summed E-state index contributed by atoms with van der Waals surface area (Å²) in [5.74, 6) is 1.15. The Hall–Kier alpha value is -3.42. The number of aromatic nitrogens is 1. The fourth-order valence-corrected chi connectivity index (χ4v) is 6.80. The minimum absolute atomic E-state index is 0.117. The second kappa shape index (κ2) is 14.3. The number of nitrogens with zero attached hydrogens (tertiary/aromatic N) is 2. The molecular formula is C34H32BrIN2O6S. The van der Waals surface area contributed by atoms with Crippen molar-refractivity contribution in [2.75, 3.05) is 13.7 Å². The first kappa shape index (κ1) is 33.0. The Morgan fingerprint density at radius 2 is 1.84 bits per heavy atom. The lowest BCUT2D eigenvalue weighted by Crippen LogP contribution is -2.40. The van der Waals surface area contributed by atoms with Crippen molar-refractivity contribution in [3.8, 4) is 17.2 Å². The highest BCUT2D eigenvalue weighted by Crippen LogP contribution is 2.37. The smallest absolute Gasteiger partial charge is 0.338 e. The largest absolute Gasteiger partial charge is 0.493 e. The standard InChI is InChI=1S/C34H32BrIN2O6S/c1-6-42-33(40)30-20(4)37-34-38(31(30)24-9-7-8-10-26(24)44-19(2)3)32(39)29(45-34)16-22-15-27(41-5)28(17-25(22)35)43-18-21-11-13-23(36)14-12-21/h7-17,19,31H,6,18H2,1-5H3/b29-16+/t31-/m0/s1. The van der Waals surface area contributed by atoms with Crippen molar-refractivity contribution in [1.82, 2.24) is 4.57 Å². The van der Waals surface area contributed by atoms with Crippen molar-refractivity contribution in [3.63, 3.8) is 0 Å². The lowest BCUT2D eigenvalue weighted by Gasteiger charge is -2.26. The summed E-state index contributed by atoms with van der Waals surface area (Å²) in [5.41, 5.74) is 2.93. The molecule has 1 aromatic heterocycles. The molecule has 0 unspecified atom stereocenters. The van der Waals surface area contributed by atoms with Gasteiger partial charge in [-0.2, -0.15) is 0 Å². The Morgan fingerprint density at radius 1 is 1.11 bits per heavy atom. The number of carbonyl (C=O) groups is 1. The maximum Gasteiger partial charge on any atom is 0.338 e. The highest BCUT2D eigenvalue weighted by molar-refractivity contribution is 14.1. The number of rotatable bonds is 10. The van der Waals surface area contributed by atoms with Crippen LogP contribution in [0.15, 0.2) is 86.2 Å². The van der Waals surface area contributed by atoms with Gasteiger partial charge in [-0.15, -0.1) is 0 Å². The second-order valence-corrected chi connectivity index (χ2v) is 13.6. The van der Waals surface area contributed by atoms with Crippen LogP contribution in [0.1, 0.15) is 50.4 Å². The maximum atomic E-state index is 14.2. The molecule has 0 bridgehead atoms. The van der Waals surface area contributed by atoms with E-state index in [1.807, 2.05) is 74.5 Å². The van der Waals surface area contributed by atoms with Crippen molar-refractivity contribution < 1.29 is 23.7 Å². The lowest BCUT2D eigenvalue weighted by atomic mass is 9.95. The Balaban J connectivity index is 1.60. The molecule has 0 saturated heterocycles. The van der Waals surface area contributed by atoms with Crippen LogP contribution in [-0.4, -0.2) is 30.4 Å². The molecule has 2 heterocycles. The lowest BCUT2D eigenvalue weighted by molar-refractivity contribution is -0.139. The number of carbonyl (C=O) groups excluding carboxylic acids is 1. The van der Waals surface area contributed by atoms with E-state index in [0.717, 1.165) is 19.2 Å². The molecule has 3 aromatic carbocycles. The summed E-state index contributed by atoms with van der Waals surface area (Å²) in [4.78, 5) is 32.7. The molecule has 5 rings (SSSR count). The molecule has 0 spiro atoms. The van der Waals surface area contributed by atoms with E-state index in [2.05, 4.69) is 38.5 Å². The van der Waals surface area contributed by atoms with Crippen LogP contribution in [0, 0.1) is 3.57 Å². The molecule has 1 atom stereocenters. The van der Waals surface area contributed by atoms with Crippen molar-refractivity contribution in [1.29, 1.82) is 0 Å². The van der Waals surface area contributed by atoms with Gasteiger partial charge in [0.25, 0.3) is 5.56 Å². The molecule has 0 N–H and O–H groups in total. The van der Waals surface area contributed by atoms with Gasteiger partial charge in [0, 0.05) is 13.6 Å². The van der Waals surface area contributed by atoms with E-state index < -0.39 is 12.0 Å². The van der Waals surface area contributed by atoms with Crippen molar-refractivity contribution in [2.45, 2.75) is 46.4 Å². The SMILES string of the molecule is CCOC(=O)C1=C(C)N=c2s/c(=C/c3cc(OC)c(OCc4ccc(I)cc4)cc3Br)c(=O)n2[C@H]1c1ccccc1OC(C)C. The summed E-state index contributed by atoms with van der Waals surface area (Å²) in [5, 5.41) is 0. The molecule has 0 radical (unpaired) electrons.